The second-order valence-corrected chi connectivity index (χ2v) is 14.5. The van der Waals surface area contributed by atoms with E-state index in [0.29, 0.717) is 27.8 Å². The number of phenolic OH excluding ortho intramolecular Hbond substituents is 1. The number of methoxy groups -OCH3 is 1. The summed E-state index contributed by atoms with van der Waals surface area (Å²) in [6.45, 7) is 1.79. The maximum atomic E-state index is 14.6. The van der Waals surface area contributed by atoms with E-state index in [9.17, 15) is 24.3 Å². The minimum Gasteiger partial charge on any atom is -0.504 e. The molecule has 8 rings (SSSR count). The molecule has 252 valence electrons. The highest BCUT2D eigenvalue weighted by Crippen LogP contribution is 2.65. The number of fused-ring (bicyclic) bond motifs is 4. The first-order chi connectivity index (χ1) is 24.1. The summed E-state index contributed by atoms with van der Waals surface area (Å²) in [4.78, 5) is 60.1. The zero-order chi connectivity index (χ0) is 34.9. The van der Waals surface area contributed by atoms with E-state index in [1.54, 1.807) is 55.5 Å². The van der Waals surface area contributed by atoms with Gasteiger partial charge < -0.3 is 15.2 Å². The molecular formula is C40H34BrN3O6. The van der Waals surface area contributed by atoms with Gasteiger partial charge in [0.15, 0.2) is 11.5 Å². The van der Waals surface area contributed by atoms with Gasteiger partial charge in [-0.1, -0.05) is 64.0 Å². The van der Waals surface area contributed by atoms with Gasteiger partial charge in [-0.2, -0.15) is 0 Å². The van der Waals surface area contributed by atoms with E-state index in [2.05, 4.69) is 21.2 Å². The standard InChI is InChI=1S/C40H34BrN3O6/c1-40-31(37(47)44(39(40)49)25-11-7-4-8-12-25)21-29-27(34(40)30-19-22(41)20-32(50-2)35(30)45)17-18-28-33(29)38(48)43(36(28)46)26-15-13-24(14-16-26)42-23-9-5-3-6-10-23/h3-17,19-20,28-29,31,33-34,42,45H,18,21H2,1-2H3. The van der Waals surface area contributed by atoms with Crippen LogP contribution in [0.15, 0.2) is 113 Å². The molecule has 2 aliphatic heterocycles. The number of halogens is 1. The third-order valence-electron chi connectivity index (χ3n) is 11.1. The second-order valence-electron chi connectivity index (χ2n) is 13.6. The molecule has 4 aromatic rings. The molecular weight excluding hydrogens is 698 g/mol. The topological polar surface area (TPSA) is 116 Å². The molecule has 9 nitrogen and oxygen atoms in total. The van der Waals surface area contributed by atoms with Gasteiger partial charge in [-0.25, -0.2) is 4.90 Å². The zero-order valence-corrected chi connectivity index (χ0v) is 29.0. The molecule has 4 aliphatic rings. The lowest BCUT2D eigenvalue weighted by Gasteiger charge is -2.49. The first kappa shape index (κ1) is 32.0. The van der Waals surface area contributed by atoms with Crippen LogP contribution in [0.25, 0.3) is 0 Å². The van der Waals surface area contributed by atoms with E-state index in [1.807, 2.05) is 54.6 Å². The molecule has 3 fully saturated rings. The van der Waals surface area contributed by atoms with Crippen molar-refractivity contribution in [2.45, 2.75) is 25.7 Å². The first-order valence-electron chi connectivity index (χ1n) is 16.6. The fourth-order valence-corrected chi connectivity index (χ4v) is 9.24. The molecule has 0 bridgehead atoms. The summed E-state index contributed by atoms with van der Waals surface area (Å²) in [5.74, 6) is -4.72. The van der Waals surface area contributed by atoms with Gasteiger partial charge in [0.05, 0.1) is 41.7 Å². The van der Waals surface area contributed by atoms with Crippen LogP contribution >= 0.6 is 15.9 Å². The quantitative estimate of drug-likeness (QED) is 0.158. The summed E-state index contributed by atoms with van der Waals surface area (Å²) in [6.07, 6.45) is 2.47. The zero-order valence-electron chi connectivity index (χ0n) is 27.4. The third-order valence-corrected chi connectivity index (χ3v) is 11.5. The molecule has 2 saturated heterocycles. The second kappa shape index (κ2) is 12.0. The average Bonchev–Trinajstić information content (AvgIpc) is 3.49. The minimum atomic E-state index is -1.29. The first-order valence-corrected chi connectivity index (χ1v) is 17.4. The monoisotopic (exact) mass is 731 g/mol. The Kier molecular flexibility index (Phi) is 7.67. The summed E-state index contributed by atoms with van der Waals surface area (Å²) in [5, 5.41) is 14.9. The molecule has 2 N–H and O–H groups in total. The van der Waals surface area contributed by atoms with Crippen molar-refractivity contribution >= 4 is 62.3 Å². The number of phenols is 1. The predicted molar refractivity (Wildman–Crippen MR) is 192 cm³/mol. The van der Waals surface area contributed by atoms with E-state index in [0.717, 1.165) is 16.9 Å². The van der Waals surface area contributed by atoms with Crippen molar-refractivity contribution in [3.63, 3.8) is 0 Å². The van der Waals surface area contributed by atoms with Gasteiger partial charge >= 0.3 is 0 Å². The summed E-state index contributed by atoms with van der Waals surface area (Å²) in [5.41, 5.74) is 2.57. The van der Waals surface area contributed by atoms with Crippen molar-refractivity contribution in [3.8, 4) is 11.5 Å². The number of hydrogen-bond donors (Lipinski definition) is 2. The van der Waals surface area contributed by atoms with Crippen molar-refractivity contribution in [3.05, 3.63) is 119 Å². The van der Waals surface area contributed by atoms with E-state index in [-0.39, 0.29) is 41.5 Å². The van der Waals surface area contributed by atoms with E-state index < -0.39 is 35.0 Å². The lowest BCUT2D eigenvalue weighted by molar-refractivity contribution is -0.131. The summed E-state index contributed by atoms with van der Waals surface area (Å²) in [6, 6.07) is 29.1. The Morgan fingerprint density at radius 1 is 0.800 bits per heavy atom. The van der Waals surface area contributed by atoms with Crippen LogP contribution in [0.5, 0.6) is 11.5 Å². The lowest BCUT2D eigenvalue weighted by atomic mass is 9.51. The van der Waals surface area contributed by atoms with Gasteiger partial charge in [0.2, 0.25) is 23.6 Å². The van der Waals surface area contributed by atoms with E-state index in [1.165, 1.54) is 16.9 Å². The van der Waals surface area contributed by atoms with Crippen molar-refractivity contribution in [1.82, 2.24) is 0 Å². The van der Waals surface area contributed by atoms with Gasteiger partial charge in [0.1, 0.15) is 0 Å². The van der Waals surface area contributed by atoms with Crippen LogP contribution in [0.4, 0.5) is 22.7 Å². The number of allylic oxidation sites excluding steroid dienone is 2. The average molecular weight is 733 g/mol. The minimum absolute atomic E-state index is 0.137. The number of para-hydroxylation sites is 2. The van der Waals surface area contributed by atoms with Crippen LogP contribution < -0.4 is 19.9 Å². The lowest BCUT2D eigenvalue weighted by Crippen LogP contribution is -2.49. The number of benzene rings is 4. The highest BCUT2D eigenvalue weighted by molar-refractivity contribution is 9.10. The number of rotatable bonds is 6. The Morgan fingerprint density at radius 3 is 2.12 bits per heavy atom. The van der Waals surface area contributed by atoms with E-state index in [4.69, 9.17) is 4.74 Å². The SMILES string of the molecule is COc1cc(Br)cc(C2C3=CCC4C(=O)N(c5ccc(Nc6ccccc6)cc5)C(=O)C4C3CC3C(=O)N(c4ccccc4)C(=O)C32C)c1O. The molecule has 50 heavy (non-hydrogen) atoms. The van der Waals surface area contributed by atoms with Crippen LogP contribution in [-0.4, -0.2) is 35.8 Å². The fraction of sp³-hybridized carbons (Fsp3) is 0.250. The van der Waals surface area contributed by atoms with Crippen LogP contribution in [0.1, 0.15) is 31.2 Å². The Morgan fingerprint density at radius 2 is 1.44 bits per heavy atom. The van der Waals surface area contributed by atoms with Gasteiger partial charge in [0, 0.05) is 27.3 Å². The number of nitrogens with one attached hydrogen (secondary N) is 1. The number of aromatic hydroxyl groups is 1. The predicted octanol–water partition coefficient (Wildman–Crippen LogP) is 7.34. The number of ether oxygens (including phenoxy) is 1. The number of hydrogen-bond acceptors (Lipinski definition) is 7. The molecule has 4 amide bonds. The highest BCUT2D eigenvalue weighted by Gasteiger charge is 2.68. The number of nitrogens with zero attached hydrogens (tertiary/aromatic N) is 2. The molecule has 1 saturated carbocycles. The fourth-order valence-electron chi connectivity index (χ4n) is 8.79. The smallest absolute Gasteiger partial charge is 0.241 e. The number of carbonyl (C=O) groups is 4. The summed E-state index contributed by atoms with van der Waals surface area (Å²) < 4.78 is 6.13. The van der Waals surface area contributed by atoms with Crippen LogP contribution in [0.2, 0.25) is 0 Å². The number of imide groups is 2. The molecule has 10 heteroatoms. The van der Waals surface area contributed by atoms with Crippen molar-refractivity contribution in [2.24, 2.45) is 29.1 Å². The third kappa shape index (κ3) is 4.72. The van der Waals surface area contributed by atoms with Crippen LogP contribution in [0, 0.1) is 29.1 Å². The Labute approximate surface area is 297 Å². The number of anilines is 4. The highest BCUT2D eigenvalue weighted by atomic mass is 79.9. The van der Waals surface area contributed by atoms with Gasteiger partial charge in [0.25, 0.3) is 0 Å². The maximum absolute atomic E-state index is 14.6. The maximum Gasteiger partial charge on any atom is 0.241 e. The molecule has 0 spiro atoms. The molecule has 0 aromatic heterocycles. The Bertz CT molecular complexity index is 2090. The summed E-state index contributed by atoms with van der Waals surface area (Å²) in [7, 11) is 1.45. The molecule has 6 unspecified atom stereocenters. The van der Waals surface area contributed by atoms with Gasteiger partial charge in [-0.15, -0.1) is 0 Å². The molecule has 4 aromatic carbocycles. The molecule has 6 atom stereocenters. The largest absolute Gasteiger partial charge is 0.504 e. The van der Waals surface area contributed by atoms with Crippen molar-refractivity contribution < 1.29 is 29.0 Å². The van der Waals surface area contributed by atoms with Crippen molar-refractivity contribution in [2.75, 3.05) is 22.2 Å². The van der Waals surface area contributed by atoms with Crippen molar-refractivity contribution in [1.29, 1.82) is 0 Å². The number of carbonyl (C=O) groups excluding carboxylic acids is 4. The Balaban J connectivity index is 1.20. The molecule has 2 aliphatic carbocycles. The molecule has 0 radical (unpaired) electrons. The Hall–Kier alpha value is -5.22. The van der Waals surface area contributed by atoms with Gasteiger partial charge in [-0.3, -0.25) is 24.1 Å². The van der Waals surface area contributed by atoms with Crippen LogP contribution in [-0.2, 0) is 19.2 Å². The van der Waals surface area contributed by atoms with Gasteiger partial charge in [-0.05, 0) is 86.3 Å². The summed E-state index contributed by atoms with van der Waals surface area (Å²) >= 11 is 3.55. The number of amides is 4. The van der Waals surface area contributed by atoms with E-state index >= 15 is 0 Å². The molecule has 2 heterocycles. The van der Waals surface area contributed by atoms with Crippen LogP contribution in [0.3, 0.4) is 0 Å². The normalized spacial score (nSPS) is 27.1.